The normalized spacial score (nSPS) is 11.9. The van der Waals surface area contributed by atoms with E-state index in [1.807, 2.05) is 19.1 Å². The molecule has 1 aromatic rings. The molecule has 1 aromatic carbocycles. The number of terminal acetylenes is 1. The van der Waals surface area contributed by atoms with Crippen LogP contribution in [0.15, 0.2) is 22.7 Å². The van der Waals surface area contributed by atoms with Crippen LogP contribution in [-0.4, -0.2) is 6.61 Å². The Labute approximate surface area is 106 Å². The molecular formula is C14H17BrO. The van der Waals surface area contributed by atoms with Crippen LogP contribution in [0.4, 0.5) is 0 Å². The summed E-state index contributed by atoms with van der Waals surface area (Å²) in [5.41, 5.74) is 1.17. The molecule has 0 fully saturated rings. The molecule has 1 atom stereocenters. The summed E-state index contributed by atoms with van der Waals surface area (Å²) in [5, 5.41) is 0. The van der Waals surface area contributed by atoms with Crippen molar-refractivity contribution >= 4 is 15.9 Å². The van der Waals surface area contributed by atoms with Gasteiger partial charge in [-0.1, -0.05) is 29.8 Å². The zero-order chi connectivity index (χ0) is 12.0. The largest absolute Gasteiger partial charge is 0.493 e. The highest BCUT2D eigenvalue weighted by Crippen LogP contribution is 2.25. The van der Waals surface area contributed by atoms with Crippen molar-refractivity contribution in [2.24, 2.45) is 5.92 Å². The fraction of sp³-hybridized carbons (Fsp3) is 0.429. The number of benzene rings is 1. The Balaban J connectivity index is 2.85. The Morgan fingerprint density at radius 2 is 2.25 bits per heavy atom. The number of rotatable bonds is 5. The zero-order valence-corrected chi connectivity index (χ0v) is 11.4. The van der Waals surface area contributed by atoms with Gasteiger partial charge < -0.3 is 4.74 Å². The van der Waals surface area contributed by atoms with Gasteiger partial charge >= 0.3 is 0 Å². The standard InChI is InChI=1S/C14H17BrO/c1-4-8-16-14-7-6-13(15)10-12(14)9-11(3)5-2/h2,6-7,10-11H,4,8-9H2,1,3H3. The highest BCUT2D eigenvalue weighted by Gasteiger charge is 2.07. The second-order valence-electron chi connectivity index (χ2n) is 3.87. The van der Waals surface area contributed by atoms with Gasteiger partial charge in [-0.3, -0.25) is 0 Å². The summed E-state index contributed by atoms with van der Waals surface area (Å²) >= 11 is 3.47. The van der Waals surface area contributed by atoms with E-state index in [1.54, 1.807) is 0 Å². The summed E-state index contributed by atoms with van der Waals surface area (Å²) in [6.07, 6.45) is 7.28. The van der Waals surface area contributed by atoms with E-state index in [0.717, 1.165) is 29.7 Å². The lowest BCUT2D eigenvalue weighted by Gasteiger charge is -2.12. The van der Waals surface area contributed by atoms with Crippen LogP contribution in [0.3, 0.4) is 0 Å². The molecule has 0 amide bonds. The van der Waals surface area contributed by atoms with E-state index in [2.05, 4.69) is 34.8 Å². The van der Waals surface area contributed by atoms with E-state index < -0.39 is 0 Å². The first-order valence-corrected chi connectivity index (χ1v) is 6.34. The van der Waals surface area contributed by atoms with Gasteiger partial charge in [0.1, 0.15) is 5.75 Å². The lowest BCUT2D eigenvalue weighted by atomic mass is 10.0. The van der Waals surface area contributed by atoms with Crippen molar-refractivity contribution in [2.45, 2.75) is 26.7 Å². The molecule has 86 valence electrons. The number of hydrogen-bond acceptors (Lipinski definition) is 1. The maximum absolute atomic E-state index is 5.70. The van der Waals surface area contributed by atoms with Gasteiger partial charge in [-0.15, -0.1) is 12.3 Å². The molecule has 1 unspecified atom stereocenters. The van der Waals surface area contributed by atoms with Crippen LogP contribution in [0.5, 0.6) is 5.75 Å². The molecule has 1 nitrogen and oxygen atoms in total. The summed E-state index contributed by atoms with van der Waals surface area (Å²) in [7, 11) is 0. The lowest BCUT2D eigenvalue weighted by Crippen LogP contribution is -2.02. The molecule has 2 heteroatoms. The van der Waals surface area contributed by atoms with Crippen molar-refractivity contribution in [2.75, 3.05) is 6.61 Å². The highest BCUT2D eigenvalue weighted by atomic mass is 79.9. The second kappa shape index (κ2) is 6.60. The van der Waals surface area contributed by atoms with Crippen molar-refractivity contribution < 1.29 is 4.74 Å². The molecule has 0 spiro atoms. The van der Waals surface area contributed by atoms with Crippen LogP contribution < -0.4 is 4.74 Å². The molecule has 0 heterocycles. The Morgan fingerprint density at radius 1 is 1.50 bits per heavy atom. The van der Waals surface area contributed by atoms with Gasteiger partial charge in [-0.25, -0.2) is 0 Å². The van der Waals surface area contributed by atoms with Crippen molar-refractivity contribution in [1.82, 2.24) is 0 Å². The molecule has 0 saturated heterocycles. The molecule has 0 aromatic heterocycles. The lowest BCUT2D eigenvalue weighted by molar-refractivity contribution is 0.313. The SMILES string of the molecule is C#CC(C)Cc1cc(Br)ccc1OCCC. The van der Waals surface area contributed by atoms with Gasteiger partial charge in [0.2, 0.25) is 0 Å². The topological polar surface area (TPSA) is 9.23 Å². The smallest absolute Gasteiger partial charge is 0.122 e. The molecule has 0 aliphatic rings. The monoisotopic (exact) mass is 280 g/mol. The Morgan fingerprint density at radius 3 is 2.88 bits per heavy atom. The van der Waals surface area contributed by atoms with Crippen molar-refractivity contribution in [3.63, 3.8) is 0 Å². The van der Waals surface area contributed by atoms with E-state index in [9.17, 15) is 0 Å². The molecule has 0 radical (unpaired) electrons. The third kappa shape index (κ3) is 3.90. The third-order valence-electron chi connectivity index (χ3n) is 2.29. The van der Waals surface area contributed by atoms with E-state index in [1.165, 1.54) is 5.56 Å². The predicted octanol–water partition coefficient (Wildman–Crippen LogP) is 4.05. The van der Waals surface area contributed by atoms with Crippen LogP contribution in [-0.2, 0) is 6.42 Å². The Hall–Kier alpha value is -0.940. The zero-order valence-electron chi connectivity index (χ0n) is 9.79. The van der Waals surface area contributed by atoms with E-state index >= 15 is 0 Å². The molecule has 0 saturated carbocycles. The summed E-state index contributed by atoms with van der Waals surface area (Å²) in [6, 6.07) is 6.08. The minimum atomic E-state index is 0.235. The van der Waals surface area contributed by atoms with Gasteiger partial charge in [-0.05, 0) is 36.6 Å². The van der Waals surface area contributed by atoms with Gasteiger partial charge in [0.25, 0.3) is 0 Å². The molecule has 0 aliphatic carbocycles. The van der Waals surface area contributed by atoms with Crippen molar-refractivity contribution in [1.29, 1.82) is 0 Å². The highest BCUT2D eigenvalue weighted by molar-refractivity contribution is 9.10. The fourth-order valence-corrected chi connectivity index (χ4v) is 1.86. The number of halogens is 1. The fourth-order valence-electron chi connectivity index (χ4n) is 1.45. The van der Waals surface area contributed by atoms with Crippen LogP contribution in [0.1, 0.15) is 25.8 Å². The second-order valence-corrected chi connectivity index (χ2v) is 4.79. The first kappa shape index (κ1) is 13.1. The van der Waals surface area contributed by atoms with Gasteiger partial charge in [0, 0.05) is 10.4 Å². The summed E-state index contributed by atoms with van der Waals surface area (Å²) in [5.74, 6) is 3.93. The van der Waals surface area contributed by atoms with Crippen LogP contribution in [0, 0.1) is 18.3 Å². The molecule has 0 aliphatic heterocycles. The van der Waals surface area contributed by atoms with Crippen molar-refractivity contribution in [3.8, 4) is 18.1 Å². The first-order valence-electron chi connectivity index (χ1n) is 5.54. The average Bonchev–Trinajstić information content (AvgIpc) is 2.28. The Kier molecular flexibility index (Phi) is 5.42. The van der Waals surface area contributed by atoms with Gasteiger partial charge in [0.15, 0.2) is 0 Å². The Bertz CT molecular complexity index is 379. The summed E-state index contributed by atoms with van der Waals surface area (Å²) in [4.78, 5) is 0. The van der Waals surface area contributed by atoms with E-state index in [4.69, 9.17) is 11.2 Å². The minimum Gasteiger partial charge on any atom is -0.493 e. The molecular weight excluding hydrogens is 264 g/mol. The van der Waals surface area contributed by atoms with E-state index in [0.29, 0.717) is 0 Å². The first-order chi connectivity index (χ1) is 7.67. The predicted molar refractivity (Wildman–Crippen MR) is 71.6 cm³/mol. The number of ether oxygens (including phenoxy) is 1. The van der Waals surface area contributed by atoms with Gasteiger partial charge in [-0.2, -0.15) is 0 Å². The maximum atomic E-state index is 5.70. The van der Waals surface area contributed by atoms with Crippen LogP contribution >= 0.6 is 15.9 Å². The molecule has 16 heavy (non-hydrogen) atoms. The van der Waals surface area contributed by atoms with Crippen molar-refractivity contribution in [3.05, 3.63) is 28.2 Å². The molecule has 0 N–H and O–H groups in total. The van der Waals surface area contributed by atoms with Crippen LogP contribution in [0.2, 0.25) is 0 Å². The summed E-state index contributed by atoms with van der Waals surface area (Å²) < 4.78 is 6.76. The summed E-state index contributed by atoms with van der Waals surface area (Å²) in [6.45, 7) is 4.90. The third-order valence-corrected chi connectivity index (χ3v) is 2.79. The van der Waals surface area contributed by atoms with E-state index in [-0.39, 0.29) is 5.92 Å². The van der Waals surface area contributed by atoms with Crippen LogP contribution in [0.25, 0.3) is 0 Å². The quantitative estimate of drug-likeness (QED) is 0.740. The maximum Gasteiger partial charge on any atom is 0.122 e. The average molecular weight is 281 g/mol. The molecule has 0 bridgehead atoms. The minimum absolute atomic E-state index is 0.235. The molecule has 1 rings (SSSR count). The number of hydrogen-bond donors (Lipinski definition) is 0. The van der Waals surface area contributed by atoms with Gasteiger partial charge in [0.05, 0.1) is 6.61 Å².